The molecule has 4 fully saturated rings. The van der Waals surface area contributed by atoms with Crippen molar-refractivity contribution in [1.82, 2.24) is 20.2 Å². The molecule has 4 aromatic rings. The molecule has 45 heavy (non-hydrogen) atoms. The molecule has 4 aliphatic rings. The van der Waals surface area contributed by atoms with E-state index >= 15 is 8.78 Å². The number of benzene rings is 3. The van der Waals surface area contributed by atoms with E-state index in [2.05, 4.69) is 27.0 Å². The number of aromatic hydroxyl groups is 1. The van der Waals surface area contributed by atoms with Crippen LogP contribution in [0.3, 0.4) is 0 Å². The maximum atomic E-state index is 16.9. The molecule has 10 heteroatoms. The lowest BCUT2D eigenvalue weighted by atomic mass is 9.92. The standard InChI is InChI=1S/C35H38F3N5O2/c1-3-20-6-4-7-21-12-24(44)13-25(28(20)21)29-27(37)14-26-31(30(29)38)39-33(45-19-35-9-5-11-43(35)16-22(36)15-35)40-32(26)42-17-23-8-10-34(2,18-42)41-23/h4,6-7,12-14,22-23,41,44H,3,5,8-11,15-19H2,1-2H3/t22-,23?,34+,35+/m1/s1. The summed E-state index contributed by atoms with van der Waals surface area (Å²) in [6, 6.07) is 10.2. The number of aryl methyl sites for hydroxylation is 1. The fourth-order valence-electron chi connectivity index (χ4n) is 8.65. The van der Waals surface area contributed by atoms with Crippen LogP contribution in [0.1, 0.15) is 51.5 Å². The number of rotatable bonds is 6. The van der Waals surface area contributed by atoms with Gasteiger partial charge in [-0.3, -0.25) is 4.90 Å². The van der Waals surface area contributed by atoms with Crippen molar-refractivity contribution in [2.75, 3.05) is 37.7 Å². The Morgan fingerprint density at radius 2 is 2.00 bits per heavy atom. The molecule has 7 nitrogen and oxygen atoms in total. The van der Waals surface area contributed by atoms with Crippen LogP contribution >= 0.6 is 0 Å². The van der Waals surface area contributed by atoms with Gasteiger partial charge in [-0.1, -0.05) is 25.1 Å². The molecule has 2 bridgehead atoms. The quantitative estimate of drug-likeness (QED) is 0.264. The molecule has 1 aromatic heterocycles. The second-order valence-corrected chi connectivity index (χ2v) is 13.8. The first-order valence-electron chi connectivity index (χ1n) is 16.1. The van der Waals surface area contributed by atoms with E-state index in [-0.39, 0.29) is 52.0 Å². The van der Waals surface area contributed by atoms with Crippen molar-refractivity contribution in [3.8, 4) is 22.9 Å². The Morgan fingerprint density at radius 1 is 1.13 bits per heavy atom. The minimum Gasteiger partial charge on any atom is -0.508 e. The Kier molecular flexibility index (Phi) is 6.69. The summed E-state index contributed by atoms with van der Waals surface area (Å²) in [7, 11) is 0. The Morgan fingerprint density at radius 3 is 2.82 bits per heavy atom. The zero-order chi connectivity index (χ0) is 31.1. The molecule has 5 heterocycles. The van der Waals surface area contributed by atoms with Crippen molar-refractivity contribution in [3.63, 3.8) is 0 Å². The molecule has 4 aliphatic heterocycles. The molecule has 1 unspecified atom stereocenters. The molecule has 4 atom stereocenters. The molecule has 3 aromatic carbocycles. The van der Waals surface area contributed by atoms with E-state index in [1.54, 1.807) is 6.07 Å². The van der Waals surface area contributed by atoms with Gasteiger partial charge in [0, 0.05) is 43.0 Å². The predicted molar refractivity (Wildman–Crippen MR) is 169 cm³/mol. The number of nitrogens with one attached hydrogen (secondary N) is 1. The van der Waals surface area contributed by atoms with E-state index in [0.717, 1.165) is 37.8 Å². The number of fused-ring (bicyclic) bond motifs is 5. The van der Waals surface area contributed by atoms with Gasteiger partial charge in [-0.25, -0.2) is 13.2 Å². The van der Waals surface area contributed by atoms with Crippen molar-refractivity contribution in [3.05, 3.63) is 53.6 Å². The molecule has 236 valence electrons. The maximum absolute atomic E-state index is 16.9. The topological polar surface area (TPSA) is 73.8 Å². The molecule has 4 saturated heterocycles. The van der Waals surface area contributed by atoms with Crippen molar-refractivity contribution < 1.29 is 23.0 Å². The number of hydrogen-bond acceptors (Lipinski definition) is 7. The highest BCUT2D eigenvalue weighted by molar-refractivity contribution is 6.03. The average molecular weight is 618 g/mol. The average Bonchev–Trinajstić information content (AvgIpc) is 3.63. The molecular weight excluding hydrogens is 579 g/mol. The molecule has 0 spiro atoms. The van der Waals surface area contributed by atoms with E-state index in [1.807, 2.05) is 25.1 Å². The van der Waals surface area contributed by atoms with Gasteiger partial charge >= 0.3 is 6.01 Å². The monoisotopic (exact) mass is 617 g/mol. The summed E-state index contributed by atoms with van der Waals surface area (Å²) in [5.74, 6) is -1.22. The van der Waals surface area contributed by atoms with E-state index in [0.29, 0.717) is 49.1 Å². The van der Waals surface area contributed by atoms with E-state index in [9.17, 15) is 9.50 Å². The molecule has 0 amide bonds. The van der Waals surface area contributed by atoms with Crippen LogP contribution < -0.4 is 15.0 Å². The van der Waals surface area contributed by atoms with Crippen molar-refractivity contribution >= 4 is 27.5 Å². The summed E-state index contributed by atoms with van der Waals surface area (Å²) in [6.07, 6.45) is 3.93. The van der Waals surface area contributed by atoms with Crippen LogP contribution in [0.5, 0.6) is 11.8 Å². The first kappa shape index (κ1) is 28.8. The lowest BCUT2D eigenvalue weighted by molar-refractivity contribution is 0.107. The lowest BCUT2D eigenvalue weighted by Gasteiger charge is -2.40. The third kappa shape index (κ3) is 4.71. The number of nitrogens with zero attached hydrogens (tertiary/aromatic N) is 4. The smallest absolute Gasteiger partial charge is 0.319 e. The Balaban J connectivity index is 1.30. The van der Waals surface area contributed by atoms with Crippen LogP contribution in [0.15, 0.2) is 36.4 Å². The van der Waals surface area contributed by atoms with Crippen LogP contribution in [0, 0.1) is 11.6 Å². The lowest BCUT2D eigenvalue weighted by Crippen LogP contribution is -2.58. The summed E-state index contributed by atoms with van der Waals surface area (Å²) in [6.45, 7) is 6.84. The molecular formula is C35H38F3N5O2. The van der Waals surface area contributed by atoms with Gasteiger partial charge in [0.05, 0.1) is 11.1 Å². The number of ether oxygens (including phenoxy) is 1. The number of phenols is 1. The van der Waals surface area contributed by atoms with Crippen LogP contribution in [-0.4, -0.2) is 76.1 Å². The van der Waals surface area contributed by atoms with Gasteiger partial charge in [-0.05, 0) is 85.7 Å². The minimum absolute atomic E-state index is 0.00328. The molecule has 8 rings (SSSR count). The van der Waals surface area contributed by atoms with Crippen molar-refractivity contribution in [2.45, 2.75) is 75.7 Å². The second-order valence-electron chi connectivity index (χ2n) is 13.8. The summed E-state index contributed by atoms with van der Waals surface area (Å²) < 4.78 is 54.0. The number of piperazine rings is 1. The van der Waals surface area contributed by atoms with Gasteiger partial charge in [-0.2, -0.15) is 9.97 Å². The number of hydrogen-bond donors (Lipinski definition) is 2. The zero-order valence-electron chi connectivity index (χ0n) is 25.7. The van der Waals surface area contributed by atoms with E-state index in [4.69, 9.17) is 9.72 Å². The third-order valence-corrected chi connectivity index (χ3v) is 10.6. The first-order valence-corrected chi connectivity index (χ1v) is 16.1. The summed E-state index contributed by atoms with van der Waals surface area (Å²) in [4.78, 5) is 13.6. The van der Waals surface area contributed by atoms with E-state index < -0.39 is 23.3 Å². The highest BCUT2D eigenvalue weighted by Gasteiger charge is 2.49. The SMILES string of the molecule is CCc1cccc2cc(O)cc(-c3c(F)cc4c(N5CC6CC[C@@](C)(C5)N6)nc(OC[C@@]56CCCN5C[C@H](F)C6)nc4c3F)c12. The normalized spacial score (nSPS) is 28.0. The third-order valence-electron chi connectivity index (χ3n) is 10.6. The zero-order valence-corrected chi connectivity index (χ0v) is 25.7. The second kappa shape index (κ2) is 10.5. The van der Waals surface area contributed by atoms with Crippen LogP contribution in [0.25, 0.3) is 32.8 Å². The molecule has 0 aliphatic carbocycles. The number of halogens is 3. The van der Waals surface area contributed by atoms with E-state index in [1.165, 1.54) is 12.1 Å². The molecule has 0 radical (unpaired) electrons. The van der Waals surface area contributed by atoms with Crippen LogP contribution in [0.2, 0.25) is 0 Å². The number of alkyl halides is 1. The maximum Gasteiger partial charge on any atom is 0.319 e. The number of anilines is 1. The molecule has 2 N–H and O–H groups in total. The number of phenolic OH excluding ortho intramolecular Hbond substituents is 1. The summed E-state index contributed by atoms with van der Waals surface area (Å²) >= 11 is 0. The fourth-order valence-corrected chi connectivity index (χ4v) is 8.65. The van der Waals surface area contributed by atoms with Crippen LogP contribution in [0.4, 0.5) is 19.0 Å². The highest BCUT2D eigenvalue weighted by Crippen LogP contribution is 2.43. The Labute approximate surface area is 260 Å². The first-order chi connectivity index (χ1) is 21.6. The largest absolute Gasteiger partial charge is 0.508 e. The summed E-state index contributed by atoms with van der Waals surface area (Å²) in [5, 5.41) is 15.9. The van der Waals surface area contributed by atoms with Gasteiger partial charge in [-0.15, -0.1) is 0 Å². The highest BCUT2D eigenvalue weighted by atomic mass is 19.1. The Hall–Kier alpha value is -3.63. The van der Waals surface area contributed by atoms with Gasteiger partial charge in [0.25, 0.3) is 0 Å². The van der Waals surface area contributed by atoms with Gasteiger partial charge in [0.1, 0.15) is 35.7 Å². The fraction of sp³-hybridized carbons (Fsp3) is 0.486. The van der Waals surface area contributed by atoms with Gasteiger partial charge in [0.2, 0.25) is 0 Å². The minimum atomic E-state index is -0.910. The van der Waals surface area contributed by atoms with Gasteiger partial charge < -0.3 is 20.1 Å². The predicted octanol–water partition coefficient (Wildman–Crippen LogP) is 6.28. The Bertz CT molecular complexity index is 1840. The summed E-state index contributed by atoms with van der Waals surface area (Å²) in [5.41, 5.74) is 0.339. The number of aromatic nitrogens is 2. The molecule has 0 saturated carbocycles. The van der Waals surface area contributed by atoms with Crippen molar-refractivity contribution in [2.24, 2.45) is 0 Å². The van der Waals surface area contributed by atoms with Gasteiger partial charge in [0.15, 0.2) is 5.82 Å². The van der Waals surface area contributed by atoms with Crippen molar-refractivity contribution in [1.29, 1.82) is 0 Å². The van der Waals surface area contributed by atoms with Crippen LogP contribution in [-0.2, 0) is 6.42 Å².